The van der Waals surface area contributed by atoms with Gasteiger partial charge in [0, 0.05) is 0 Å². The highest BCUT2D eigenvalue weighted by Gasteiger charge is 2.24. The van der Waals surface area contributed by atoms with E-state index in [4.69, 9.17) is 10.2 Å². The van der Waals surface area contributed by atoms with Gasteiger partial charge in [-0.1, -0.05) is 31.8 Å². The molecule has 0 aliphatic carbocycles. The summed E-state index contributed by atoms with van der Waals surface area (Å²) in [5.74, 6) is -0.640. The van der Waals surface area contributed by atoms with E-state index < -0.39 is 20.2 Å². The molecule has 1 aromatic carbocycles. The van der Waals surface area contributed by atoms with Crippen molar-refractivity contribution in [3.63, 3.8) is 0 Å². The molecular formula is C12H19NO3Si. The third-order valence-corrected chi connectivity index (χ3v) is 3.50. The van der Waals surface area contributed by atoms with Crippen molar-refractivity contribution in [3.05, 3.63) is 29.8 Å². The Morgan fingerprint density at radius 1 is 1.29 bits per heavy atom. The minimum absolute atomic E-state index is 0.193. The average Bonchev–Trinajstić information content (AvgIpc) is 2.18. The van der Waals surface area contributed by atoms with Gasteiger partial charge in [0.05, 0.1) is 0 Å². The number of carbonyl (C=O) groups is 1. The van der Waals surface area contributed by atoms with Crippen molar-refractivity contribution in [2.75, 3.05) is 0 Å². The van der Waals surface area contributed by atoms with Crippen molar-refractivity contribution < 1.29 is 15.0 Å². The largest absolute Gasteiger partial charge is 0.508 e. The number of aliphatic carboxylic acids is 1. The summed E-state index contributed by atoms with van der Waals surface area (Å²) >= 11 is 0. The predicted octanol–water partition coefficient (Wildman–Crippen LogP) is 1.81. The van der Waals surface area contributed by atoms with Crippen LogP contribution in [-0.2, 0) is 11.2 Å². The molecule has 1 unspecified atom stereocenters. The van der Waals surface area contributed by atoms with E-state index in [0.717, 1.165) is 5.56 Å². The first-order valence-corrected chi connectivity index (χ1v) is 9.06. The third-order valence-electron chi connectivity index (χ3n) is 2.28. The quantitative estimate of drug-likeness (QED) is 0.700. The molecule has 5 heteroatoms. The molecule has 0 saturated carbocycles. The van der Waals surface area contributed by atoms with Gasteiger partial charge in [-0.3, -0.25) is 4.79 Å². The number of benzene rings is 1. The first-order valence-electron chi connectivity index (χ1n) is 5.56. The van der Waals surface area contributed by atoms with Gasteiger partial charge in [-0.25, -0.2) is 0 Å². The minimum Gasteiger partial charge on any atom is -0.508 e. The number of rotatable bonds is 5. The maximum Gasteiger partial charge on any atom is 0.320 e. The lowest BCUT2D eigenvalue weighted by Crippen LogP contribution is -2.52. The SMILES string of the molecule is C[Si](C)(C)NC(Cc1ccc(O)cc1)C(=O)O. The molecule has 3 N–H and O–H groups in total. The Morgan fingerprint density at radius 2 is 1.82 bits per heavy atom. The number of phenols is 1. The molecular weight excluding hydrogens is 234 g/mol. The van der Waals surface area contributed by atoms with Crippen LogP contribution in [-0.4, -0.2) is 30.5 Å². The molecule has 0 radical (unpaired) electrons. The molecule has 0 bridgehead atoms. The Hall–Kier alpha value is -1.33. The Bertz CT molecular complexity index is 384. The van der Waals surface area contributed by atoms with E-state index in [0.29, 0.717) is 6.42 Å². The van der Waals surface area contributed by atoms with Crippen LogP contribution in [0.2, 0.25) is 19.6 Å². The Kier molecular flexibility index (Phi) is 4.31. The van der Waals surface area contributed by atoms with E-state index >= 15 is 0 Å². The van der Waals surface area contributed by atoms with Crippen LogP contribution in [0.15, 0.2) is 24.3 Å². The second-order valence-electron chi connectivity index (χ2n) is 5.16. The predicted molar refractivity (Wildman–Crippen MR) is 69.7 cm³/mol. The fourth-order valence-electron chi connectivity index (χ4n) is 1.59. The van der Waals surface area contributed by atoms with Crippen molar-refractivity contribution in [1.82, 2.24) is 4.98 Å². The van der Waals surface area contributed by atoms with Crippen LogP contribution in [0.5, 0.6) is 5.75 Å². The van der Waals surface area contributed by atoms with Gasteiger partial charge in [0.25, 0.3) is 0 Å². The monoisotopic (exact) mass is 253 g/mol. The Balaban J connectivity index is 2.73. The zero-order valence-electron chi connectivity index (χ0n) is 10.4. The van der Waals surface area contributed by atoms with Crippen molar-refractivity contribution >= 4 is 14.2 Å². The summed E-state index contributed by atoms with van der Waals surface area (Å²) in [6.07, 6.45) is 0.430. The average molecular weight is 253 g/mol. The van der Waals surface area contributed by atoms with E-state index in [1.54, 1.807) is 24.3 Å². The van der Waals surface area contributed by atoms with Crippen LogP contribution in [0.1, 0.15) is 5.56 Å². The van der Waals surface area contributed by atoms with Gasteiger partial charge >= 0.3 is 5.97 Å². The molecule has 1 atom stereocenters. The van der Waals surface area contributed by atoms with E-state index in [2.05, 4.69) is 24.6 Å². The van der Waals surface area contributed by atoms with Crippen molar-refractivity contribution in [2.45, 2.75) is 32.1 Å². The highest BCUT2D eigenvalue weighted by molar-refractivity contribution is 6.73. The van der Waals surface area contributed by atoms with Crippen molar-refractivity contribution in [2.24, 2.45) is 0 Å². The number of phenolic OH excluding ortho intramolecular Hbond substituents is 1. The highest BCUT2D eigenvalue weighted by Crippen LogP contribution is 2.12. The maximum absolute atomic E-state index is 11.2. The normalized spacial score (nSPS) is 13.4. The molecule has 4 nitrogen and oxygen atoms in total. The smallest absolute Gasteiger partial charge is 0.320 e. The molecule has 94 valence electrons. The minimum atomic E-state index is -1.63. The summed E-state index contributed by atoms with van der Waals surface area (Å²) in [5, 5.41) is 18.3. The number of aromatic hydroxyl groups is 1. The van der Waals surface area contributed by atoms with E-state index in [1.165, 1.54) is 0 Å². The number of hydrogen-bond acceptors (Lipinski definition) is 3. The first-order chi connectivity index (χ1) is 7.78. The van der Waals surface area contributed by atoms with Crippen LogP contribution < -0.4 is 4.98 Å². The molecule has 0 aliphatic rings. The molecule has 1 aromatic rings. The summed E-state index contributed by atoms with van der Waals surface area (Å²) < 4.78 is 0. The Labute approximate surface area is 102 Å². The number of nitrogens with one attached hydrogen (secondary N) is 1. The molecule has 0 amide bonds. The number of hydrogen-bond donors (Lipinski definition) is 3. The van der Waals surface area contributed by atoms with E-state index in [1.807, 2.05) is 0 Å². The maximum atomic E-state index is 11.2. The summed E-state index contributed by atoms with van der Waals surface area (Å²) in [6.45, 7) is 6.21. The van der Waals surface area contributed by atoms with Gasteiger partial charge in [0.2, 0.25) is 0 Å². The van der Waals surface area contributed by atoms with Gasteiger partial charge < -0.3 is 15.2 Å². The lowest BCUT2D eigenvalue weighted by Gasteiger charge is -2.24. The van der Waals surface area contributed by atoms with Crippen molar-refractivity contribution in [3.8, 4) is 5.75 Å². The molecule has 0 aromatic heterocycles. The fourth-order valence-corrected chi connectivity index (χ4v) is 2.86. The third kappa shape index (κ3) is 5.01. The zero-order chi connectivity index (χ0) is 13.1. The lowest BCUT2D eigenvalue weighted by molar-refractivity contribution is -0.139. The van der Waals surface area contributed by atoms with Crippen LogP contribution >= 0.6 is 0 Å². The summed E-state index contributed by atoms with van der Waals surface area (Å²) in [6, 6.07) is 6.08. The second-order valence-corrected chi connectivity index (χ2v) is 9.94. The van der Waals surface area contributed by atoms with Crippen LogP contribution in [0.4, 0.5) is 0 Å². The Morgan fingerprint density at radius 3 is 2.24 bits per heavy atom. The van der Waals surface area contributed by atoms with Crippen LogP contribution in [0.25, 0.3) is 0 Å². The van der Waals surface area contributed by atoms with E-state index in [-0.39, 0.29) is 5.75 Å². The molecule has 0 fully saturated rings. The second kappa shape index (κ2) is 5.33. The standard InChI is InChI=1S/C12H19NO3Si/c1-17(2,3)13-11(12(15)16)8-9-4-6-10(14)7-5-9/h4-7,11,13-14H,8H2,1-3H3,(H,15,16). The zero-order valence-corrected chi connectivity index (χ0v) is 11.4. The van der Waals surface area contributed by atoms with Gasteiger partial charge in [-0.15, -0.1) is 0 Å². The number of carboxylic acids is 1. The summed E-state index contributed by atoms with van der Waals surface area (Å²) in [7, 11) is -1.63. The van der Waals surface area contributed by atoms with Gasteiger partial charge in [0.15, 0.2) is 0 Å². The molecule has 0 heterocycles. The van der Waals surface area contributed by atoms with Gasteiger partial charge in [-0.2, -0.15) is 0 Å². The molecule has 0 saturated heterocycles. The lowest BCUT2D eigenvalue weighted by atomic mass is 10.1. The highest BCUT2D eigenvalue weighted by atomic mass is 28.3. The van der Waals surface area contributed by atoms with Crippen LogP contribution in [0, 0.1) is 0 Å². The van der Waals surface area contributed by atoms with Gasteiger partial charge in [-0.05, 0) is 24.1 Å². The summed E-state index contributed by atoms with van der Waals surface area (Å²) in [4.78, 5) is 14.4. The molecule has 0 aliphatic heterocycles. The molecule has 17 heavy (non-hydrogen) atoms. The summed E-state index contributed by atoms with van der Waals surface area (Å²) in [5.41, 5.74) is 0.904. The first kappa shape index (κ1) is 13.7. The fraction of sp³-hybridized carbons (Fsp3) is 0.417. The van der Waals surface area contributed by atoms with E-state index in [9.17, 15) is 4.79 Å². The van der Waals surface area contributed by atoms with Crippen LogP contribution in [0.3, 0.4) is 0 Å². The molecule has 0 spiro atoms. The molecule has 1 rings (SSSR count). The van der Waals surface area contributed by atoms with Crippen molar-refractivity contribution in [1.29, 1.82) is 0 Å². The topological polar surface area (TPSA) is 69.6 Å². The van der Waals surface area contributed by atoms with Gasteiger partial charge in [0.1, 0.15) is 20.0 Å². The number of carboxylic acid groups (broad SMARTS) is 1.